The third-order valence-corrected chi connectivity index (χ3v) is 3.33. The van der Waals surface area contributed by atoms with Gasteiger partial charge in [0.05, 0.1) is 7.11 Å². The number of rotatable bonds is 6. The molecule has 3 heterocycles. The number of hydrogen-bond donors (Lipinski definition) is 0. The van der Waals surface area contributed by atoms with Crippen molar-refractivity contribution in [3.63, 3.8) is 0 Å². The first-order valence-electron chi connectivity index (χ1n) is 6.53. The molecule has 0 bridgehead atoms. The van der Waals surface area contributed by atoms with Gasteiger partial charge < -0.3 is 13.8 Å². The Morgan fingerprint density at radius 2 is 2.19 bits per heavy atom. The molecule has 0 aromatic carbocycles. The van der Waals surface area contributed by atoms with E-state index in [1.54, 1.807) is 13.2 Å². The van der Waals surface area contributed by atoms with Gasteiger partial charge in [-0.05, 0) is 6.07 Å². The van der Waals surface area contributed by atoms with Gasteiger partial charge in [-0.1, -0.05) is 5.16 Å². The molecule has 0 saturated carbocycles. The second-order valence-corrected chi connectivity index (χ2v) is 4.79. The van der Waals surface area contributed by atoms with Crippen LogP contribution >= 0.6 is 11.6 Å². The number of pyridine rings is 1. The highest BCUT2D eigenvalue weighted by atomic mass is 35.5. The molecule has 3 rings (SSSR count). The topological polar surface area (TPSA) is 78.9 Å². The molecule has 0 saturated heterocycles. The molecule has 8 heteroatoms. The number of methoxy groups -OCH3 is 1. The Bertz CT molecular complexity index is 726. The van der Waals surface area contributed by atoms with Gasteiger partial charge in [-0.25, -0.2) is 4.98 Å². The van der Waals surface area contributed by atoms with Crippen LogP contribution in [0.5, 0.6) is 5.88 Å². The van der Waals surface area contributed by atoms with Gasteiger partial charge in [0, 0.05) is 31.3 Å². The van der Waals surface area contributed by atoms with Crippen LogP contribution in [-0.4, -0.2) is 37.7 Å². The van der Waals surface area contributed by atoms with E-state index in [4.69, 9.17) is 20.9 Å². The lowest BCUT2D eigenvalue weighted by Crippen LogP contribution is -2.08. The molecule has 0 N–H and O–H groups in total. The van der Waals surface area contributed by atoms with Crippen LogP contribution in [-0.2, 0) is 19.4 Å². The van der Waals surface area contributed by atoms with Crippen LogP contribution in [0.25, 0.3) is 11.2 Å². The summed E-state index contributed by atoms with van der Waals surface area (Å²) in [6.45, 7) is 0.655. The normalized spacial score (nSPS) is 11.1. The summed E-state index contributed by atoms with van der Waals surface area (Å²) in [4.78, 5) is 13.1. The fourth-order valence-corrected chi connectivity index (χ4v) is 2.34. The molecular weight excluding hydrogens is 294 g/mol. The summed E-state index contributed by atoms with van der Waals surface area (Å²) in [5, 5.41) is 3.81. The maximum atomic E-state index is 5.86. The van der Waals surface area contributed by atoms with Gasteiger partial charge in [0.15, 0.2) is 11.5 Å². The van der Waals surface area contributed by atoms with E-state index in [-0.39, 0.29) is 0 Å². The number of ether oxygens (including phenoxy) is 1. The van der Waals surface area contributed by atoms with Crippen molar-refractivity contribution in [3.05, 3.63) is 30.2 Å². The lowest BCUT2D eigenvalue weighted by molar-refractivity contribution is 0.398. The number of hydrogen-bond acceptors (Lipinski definition) is 6. The van der Waals surface area contributed by atoms with Gasteiger partial charge in [-0.3, -0.25) is 0 Å². The molecule has 0 aliphatic carbocycles. The van der Waals surface area contributed by atoms with E-state index < -0.39 is 0 Å². The first-order valence-corrected chi connectivity index (χ1v) is 7.06. The maximum absolute atomic E-state index is 5.86. The third-order valence-electron chi connectivity index (χ3n) is 3.14. The number of halogens is 1. The summed E-state index contributed by atoms with van der Waals surface area (Å²) >= 11 is 5.86. The van der Waals surface area contributed by atoms with Gasteiger partial charge in [0.1, 0.15) is 11.3 Å². The van der Waals surface area contributed by atoms with Crippen molar-refractivity contribution in [3.8, 4) is 5.88 Å². The molecule has 0 radical (unpaired) electrons. The average molecular weight is 308 g/mol. The summed E-state index contributed by atoms with van der Waals surface area (Å²) in [7, 11) is 1.59. The maximum Gasteiger partial charge on any atom is 0.215 e. The number of aryl methyl sites for hydroxylation is 3. The molecule has 3 aromatic rings. The monoisotopic (exact) mass is 307 g/mol. The summed E-state index contributed by atoms with van der Waals surface area (Å²) in [6, 6.07) is 3.69. The molecule has 3 aromatic heterocycles. The second-order valence-electron chi connectivity index (χ2n) is 4.41. The van der Waals surface area contributed by atoms with E-state index in [9.17, 15) is 0 Å². The smallest absolute Gasteiger partial charge is 0.215 e. The van der Waals surface area contributed by atoms with Crippen molar-refractivity contribution in [2.45, 2.75) is 19.4 Å². The zero-order chi connectivity index (χ0) is 14.7. The Hall–Kier alpha value is -2.15. The Kier molecular flexibility index (Phi) is 4.01. The predicted octanol–water partition coefficient (Wildman–Crippen LogP) is 1.85. The van der Waals surface area contributed by atoms with Crippen LogP contribution in [0.1, 0.15) is 11.6 Å². The molecule has 0 aliphatic rings. The third kappa shape index (κ3) is 2.82. The highest BCUT2D eigenvalue weighted by Gasteiger charge is 2.13. The number of aromatic nitrogens is 5. The number of fused-ring (bicyclic) bond motifs is 1. The van der Waals surface area contributed by atoms with Gasteiger partial charge in [-0.2, -0.15) is 9.97 Å². The molecule has 0 aliphatic heterocycles. The standard InChI is InChI=1S/C13H14ClN5O2/c1-20-12-3-2-9-13(17-12)19(11(16-9)4-6-14)7-5-10-15-8-21-18-10/h2-3,8H,4-7H2,1H3. The van der Waals surface area contributed by atoms with Crippen LogP contribution in [0, 0.1) is 0 Å². The van der Waals surface area contributed by atoms with Crippen molar-refractivity contribution in [1.29, 1.82) is 0 Å². The Labute approximate surface area is 125 Å². The quantitative estimate of drug-likeness (QED) is 0.647. The highest BCUT2D eigenvalue weighted by molar-refractivity contribution is 6.17. The summed E-state index contributed by atoms with van der Waals surface area (Å²) in [5.41, 5.74) is 1.60. The van der Waals surface area contributed by atoms with E-state index in [1.165, 1.54) is 6.39 Å². The van der Waals surface area contributed by atoms with Gasteiger partial charge in [0.25, 0.3) is 0 Å². The SMILES string of the molecule is COc1ccc2nc(CCCl)n(CCc3ncon3)c2n1. The van der Waals surface area contributed by atoms with E-state index in [2.05, 4.69) is 20.1 Å². The molecule has 7 nitrogen and oxygen atoms in total. The van der Waals surface area contributed by atoms with Crippen LogP contribution in [0.3, 0.4) is 0 Å². The number of nitrogens with zero attached hydrogens (tertiary/aromatic N) is 5. The van der Waals surface area contributed by atoms with Crippen molar-refractivity contribution < 1.29 is 9.26 Å². The van der Waals surface area contributed by atoms with E-state index in [1.807, 2.05) is 10.6 Å². The molecule has 0 amide bonds. The summed E-state index contributed by atoms with van der Waals surface area (Å²) in [5.74, 6) is 2.60. The summed E-state index contributed by atoms with van der Waals surface area (Å²) in [6.07, 6.45) is 2.63. The van der Waals surface area contributed by atoms with E-state index in [0.29, 0.717) is 37.0 Å². The van der Waals surface area contributed by atoms with Crippen LogP contribution < -0.4 is 4.74 Å². The molecule has 110 valence electrons. The fraction of sp³-hybridized carbons (Fsp3) is 0.385. The molecule has 21 heavy (non-hydrogen) atoms. The zero-order valence-corrected chi connectivity index (χ0v) is 12.2. The Morgan fingerprint density at radius 1 is 1.29 bits per heavy atom. The fourth-order valence-electron chi connectivity index (χ4n) is 2.17. The van der Waals surface area contributed by atoms with Gasteiger partial charge >= 0.3 is 0 Å². The number of alkyl halides is 1. The summed E-state index contributed by atoms with van der Waals surface area (Å²) < 4.78 is 11.9. The van der Waals surface area contributed by atoms with Crippen LogP contribution in [0.4, 0.5) is 0 Å². The molecule has 0 spiro atoms. The Balaban J connectivity index is 1.97. The van der Waals surface area contributed by atoms with E-state index >= 15 is 0 Å². The van der Waals surface area contributed by atoms with Crippen molar-refractivity contribution >= 4 is 22.8 Å². The van der Waals surface area contributed by atoms with Crippen molar-refractivity contribution in [2.75, 3.05) is 13.0 Å². The second kappa shape index (κ2) is 6.09. The molecular formula is C13H14ClN5O2. The highest BCUT2D eigenvalue weighted by Crippen LogP contribution is 2.19. The lowest BCUT2D eigenvalue weighted by Gasteiger charge is -2.06. The largest absolute Gasteiger partial charge is 0.481 e. The minimum atomic E-state index is 0.503. The van der Waals surface area contributed by atoms with Crippen molar-refractivity contribution in [1.82, 2.24) is 24.7 Å². The lowest BCUT2D eigenvalue weighted by atomic mass is 10.3. The van der Waals surface area contributed by atoms with Gasteiger partial charge in [-0.15, -0.1) is 11.6 Å². The first-order chi connectivity index (χ1) is 10.3. The van der Waals surface area contributed by atoms with E-state index in [0.717, 1.165) is 17.0 Å². The first kappa shape index (κ1) is 13.8. The van der Waals surface area contributed by atoms with Crippen molar-refractivity contribution in [2.24, 2.45) is 0 Å². The molecule has 0 atom stereocenters. The zero-order valence-electron chi connectivity index (χ0n) is 11.5. The average Bonchev–Trinajstić information content (AvgIpc) is 3.12. The predicted molar refractivity (Wildman–Crippen MR) is 76.5 cm³/mol. The molecule has 0 unspecified atom stereocenters. The molecule has 0 fully saturated rings. The minimum Gasteiger partial charge on any atom is -0.481 e. The number of imidazole rings is 1. The van der Waals surface area contributed by atoms with Crippen LogP contribution in [0.2, 0.25) is 0 Å². The Morgan fingerprint density at radius 3 is 2.90 bits per heavy atom. The van der Waals surface area contributed by atoms with Crippen LogP contribution in [0.15, 0.2) is 23.0 Å². The minimum absolute atomic E-state index is 0.503. The van der Waals surface area contributed by atoms with Gasteiger partial charge in [0.2, 0.25) is 12.3 Å².